The number of rotatable bonds is 5. The van der Waals surface area contributed by atoms with Crippen molar-refractivity contribution >= 4 is 35.0 Å². The summed E-state index contributed by atoms with van der Waals surface area (Å²) in [4.78, 5) is 12.2. The zero-order chi connectivity index (χ0) is 15.4. The van der Waals surface area contributed by atoms with Gasteiger partial charge in [0.1, 0.15) is 5.76 Å². The van der Waals surface area contributed by atoms with Crippen molar-refractivity contribution < 1.29 is 9.32 Å². The number of amides is 1. The van der Waals surface area contributed by atoms with E-state index in [0.717, 1.165) is 22.7 Å². The lowest BCUT2D eigenvalue weighted by Crippen LogP contribution is -2.23. The number of carbonyl (C=O) groups is 1. The molecule has 0 saturated carbocycles. The summed E-state index contributed by atoms with van der Waals surface area (Å²) >= 11 is 7.46. The number of aryl methyl sites for hydroxylation is 2. The lowest BCUT2D eigenvalue weighted by molar-refractivity contribution is -0.115. The van der Waals surface area contributed by atoms with Gasteiger partial charge in [-0.25, -0.2) is 0 Å². The van der Waals surface area contributed by atoms with Crippen LogP contribution in [0.5, 0.6) is 0 Å². The molecular weight excluding hydrogens is 308 g/mol. The summed E-state index contributed by atoms with van der Waals surface area (Å²) in [6, 6.07) is 7.32. The molecule has 21 heavy (non-hydrogen) atoms. The second-order valence-electron chi connectivity index (χ2n) is 4.83. The highest BCUT2D eigenvalue weighted by Gasteiger charge is 2.15. The number of thioether (sulfide) groups is 1. The van der Waals surface area contributed by atoms with Gasteiger partial charge in [0.2, 0.25) is 5.91 Å². The molecule has 0 aliphatic heterocycles. The lowest BCUT2D eigenvalue weighted by Gasteiger charge is -2.13. The van der Waals surface area contributed by atoms with E-state index in [-0.39, 0.29) is 11.2 Å². The van der Waals surface area contributed by atoms with Crippen molar-refractivity contribution in [3.63, 3.8) is 0 Å². The van der Waals surface area contributed by atoms with Crippen LogP contribution in [-0.2, 0) is 10.5 Å². The molecule has 2 rings (SSSR count). The minimum atomic E-state index is -0.194. The van der Waals surface area contributed by atoms with E-state index in [2.05, 4.69) is 10.5 Å². The molecule has 0 bridgehead atoms. The number of anilines is 1. The van der Waals surface area contributed by atoms with Gasteiger partial charge in [-0.15, -0.1) is 11.8 Å². The fourth-order valence-electron chi connectivity index (χ4n) is 1.74. The van der Waals surface area contributed by atoms with Gasteiger partial charge in [-0.05, 0) is 38.5 Å². The standard InChI is InChI=1S/C15H17ClN2O2S/c1-9-4-5-12(16)7-14(9)17-15(19)11(3)21-8-13-6-10(2)20-18-13/h4-7,11H,8H2,1-3H3,(H,17,19)/t11-/m0/s1. The van der Waals surface area contributed by atoms with Crippen LogP contribution in [0.25, 0.3) is 0 Å². The molecule has 1 aromatic heterocycles. The average molecular weight is 325 g/mol. The van der Waals surface area contributed by atoms with Crippen LogP contribution in [-0.4, -0.2) is 16.3 Å². The van der Waals surface area contributed by atoms with Gasteiger partial charge in [-0.2, -0.15) is 0 Å². The topological polar surface area (TPSA) is 55.1 Å². The maximum absolute atomic E-state index is 12.2. The van der Waals surface area contributed by atoms with Crippen molar-refractivity contribution in [2.45, 2.75) is 31.8 Å². The summed E-state index contributed by atoms with van der Waals surface area (Å²) in [6.45, 7) is 5.65. The quantitative estimate of drug-likeness (QED) is 0.895. The zero-order valence-electron chi connectivity index (χ0n) is 12.1. The first-order chi connectivity index (χ1) is 9.95. The van der Waals surface area contributed by atoms with Crippen LogP contribution < -0.4 is 5.32 Å². The second kappa shape index (κ2) is 7.00. The first-order valence-electron chi connectivity index (χ1n) is 6.56. The largest absolute Gasteiger partial charge is 0.361 e. The molecule has 0 aliphatic rings. The Balaban J connectivity index is 1.91. The van der Waals surface area contributed by atoms with Crippen LogP contribution in [0.4, 0.5) is 5.69 Å². The van der Waals surface area contributed by atoms with E-state index < -0.39 is 0 Å². The first-order valence-corrected chi connectivity index (χ1v) is 7.99. The van der Waals surface area contributed by atoms with Crippen LogP contribution >= 0.6 is 23.4 Å². The number of hydrogen-bond donors (Lipinski definition) is 1. The van der Waals surface area contributed by atoms with E-state index in [1.54, 1.807) is 12.1 Å². The Morgan fingerprint density at radius 3 is 2.86 bits per heavy atom. The van der Waals surface area contributed by atoms with E-state index in [1.165, 1.54) is 11.8 Å². The number of nitrogens with one attached hydrogen (secondary N) is 1. The molecule has 6 heteroatoms. The Morgan fingerprint density at radius 2 is 2.19 bits per heavy atom. The van der Waals surface area contributed by atoms with Crippen LogP contribution in [0, 0.1) is 13.8 Å². The molecule has 0 spiro atoms. The highest BCUT2D eigenvalue weighted by atomic mass is 35.5. The second-order valence-corrected chi connectivity index (χ2v) is 6.60. The van der Waals surface area contributed by atoms with Crippen LogP contribution in [0.1, 0.15) is 23.9 Å². The normalized spacial score (nSPS) is 12.2. The van der Waals surface area contributed by atoms with Crippen molar-refractivity contribution in [3.8, 4) is 0 Å². The number of benzene rings is 1. The summed E-state index contributed by atoms with van der Waals surface area (Å²) < 4.78 is 5.00. The zero-order valence-corrected chi connectivity index (χ0v) is 13.7. The molecule has 0 unspecified atom stereocenters. The summed E-state index contributed by atoms with van der Waals surface area (Å²) in [6.07, 6.45) is 0. The van der Waals surface area contributed by atoms with Gasteiger partial charge in [0.05, 0.1) is 10.9 Å². The van der Waals surface area contributed by atoms with Gasteiger partial charge >= 0.3 is 0 Å². The summed E-state index contributed by atoms with van der Waals surface area (Å²) in [5.74, 6) is 1.36. The Bertz CT molecular complexity index is 642. The predicted octanol–water partition coefficient (Wildman–Crippen LogP) is 4.21. The molecule has 0 fully saturated rings. The van der Waals surface area contributed by atoms with Gasteiger partial charge in [-0.3, -0.25) is 4.79 Å². The Morgan fingerprint density at radius 1 is 1.43 bits per heavy atom. The molecule has 0 radical (unpaired) electrons. The third kappa shape index (κ3) is 4.51. The van der Waals surface area contributed by atoms with Crippen molar-refractivity contribution in [1.29, 1.82) is 0 Å². The number of carbonyl (C=O) groups excluding carboxylic acids is 1. The highest BCUT2D eigenvalue weighted by molar-refractivity contribution is 7.99. The van der Waals surface area contributed by atoms with Crippen LogP contribution in [0.15, 0.2) is 28.8 Å². The van der Waals surface area contributed by atoms with Crippen molar-refractivity contribution in [3.05, 3.63) is 46.3 Å². The van der Waals surface area contributed by atoms with Crippen LogP contribution in [0.2, 0.25) is 5.02 Å². The molecular formula is C15H17ClN2O2S. The number of halogens is 1. The summed E-state index contributed by atoms with van der Waals surface area (Å²) in [5, 5.41) is 7.23. The molecule has 2 aromatic rings. The minimum absolute atomic E-state index is 0.0504. The Kier molecular flexibility index (Phi) is 5.31. The molecule has 0 aliphatic carbocycles. The van der Waals surface area contributed by atoms with Gasteiger partial charge in [0.25, 0.3) is 0 Å². The van der Waals surface area contributed by atoms with E-state index in [1.807, 2.05) is 32.9 Å². The third-order valence-corrected chi connectivity index (χ3v) is 4.40. The summed E-state index contributed by atoms with van der Waals surface area (Å²) in [7, 11) is 0. The van der Waals surface area contributed by atoms with Gasteiger partial charge in [-0.1, -0.05) is 22.8 Å². The highest BCUT2D eigenvalue weighted by Crippen LogP contribution is 2.23. The van der Waals surface area contributed by atoms with Crippen molar-refractivity contribution in [1.82, 2.24) is 5.16 Å². The molecule has 1 amide bonds. The molecule has 4 nitrogen and oxygen atoms in total. The number of aromatic nitrogens is 1. The molecule has 1 atom stereocenters. The summed E-state index contributed by atoms with van der Waals surface area (Å²) in [5.41, 5.74) is 2.57. The number of nitrogens with zero attached hydrogens (tertiary/aromatic N) is 1. The fourth-order valence-corrected chi connectivity index (χ4v) is 2.67. The molecule has 0 saturated heterocycles. The van der Waals surface area contributed by atoms with Crippen molar-refractivity contribution in [2.75, 3.05) is 5.32 Å². The Hall–Kier alpha value is -1.46. The fraction of sp³-hybridized carbons (Fsp3) is 0.333. The lowest BCUT2D eigenvalue weighted by atomic mass is 10.2. The molecule has 1 heterocycles. The van der Waals surface area contributed by atoms with E-state index in [9.17, 15) is 4.79 Å². The first kappa shape index (κ1) is 15.9. The van der Waals surface area contributed by atoms with Crippen LogP contribution in [0.3, 0.4) is 0 Å². The van der Waals surface area contributed by atoms with Gasteiger partial charge in [0, 0.05) is 22.5 Å². The average Bonchev–Trinajstić information content (AvgIpc) is 2.86. The van der Waals surface area contributed by atoms with E-state index in [4.69, 9.17) is 16.1 Å². The molecule has 1 aromatic carbocycles. The molecule has 112 valence electrons. The van der Waals surface area contributed by atoms with Crippen molar-refractivity contribution in [2.24, 2.45) is 0 Å². The number of hydrogen-bond acceptors (Lipinski definition) is 4. The van der Waals surface area contributed by atoms with E-state index >= 15 is 0 Å². The predicted molar refractivity (Wildman–Crippen MR) is 86.8 cm³/mol. The van der Waals surface area contributed by atoms with Gasteiger partial charge in [0.15, 0.2) is 0 Å². The maximum Gasteiger partial charge on any atom is 0.237 e. The SMILES string of the molecule is Cc1cc(CS[C@@H](C)C(=O)Nc2cc(Cl)ccc2C)no1. The smallest absolute Gasteiger partial charge is 0.237 e. The maximum atomic E-state index is 12.2. The van der Waals surface area contributed by atoms with E-state index in [0.29, 0.717) is 10.8 Å². The minimum Gasteiger partial charge on any atom is -0.361 e. The van der Waals surface area contributed by atoms with Gasteiger partial charge < -0.3 is 9.84 Å². The molecule has 1 N–H and O–H groups in total. The third-order valence-electron chi connectivity index (χ3n) is 2.98. The monoisotopic (exact) mass is 324 g/mol. The Labute approximate surface area is 133 Å².